The molecule has 3 amide bonds. The Hall–Kier alpha value is -4.04. The Bertz CT molecular complexity index is 1270. The SMILES string of the molecule is CCON=C(C(=O)NC1C(=O)N2C(C(=O)O)=C(C=Cc3cccnc3)CS[C@@H]12)c1csc(NC=O)n1. The van der Waals surface area contributed by atoms with Crippen LogP contribution < -0.4 is 10.6 Å². The van der Waals surface area contributed by atoms with Crippen LogP contribution in [0.5, 0.6) is 0 Å². The van der Waals surface area contributed by atoms with Gasteiger partial charge in [-0.05, 0) is 24.1 Å². The first kappa shape index (κ1) is 25.1. The van der Waals surface area contributed by atoms with Crippen molar-refractivity contribution in [2.75, 3.05) is 17.7 Å². The van der Waals surface area contributed by atoms with E-state index in [9.17, 15) is 24.3 Å². The van der Waals surface area contributed by atoms with Crippen LogP contribution in [0, 0.1) is 0 Å². The van der Waals surface area contributed by atoms with E-state index in [4.69, 9.17) is 4.84 Å². The van der Waals surface area contributed by atoms with Gasteiger partial charge in [0.1, 0.15) is 29.4 Å². The van der Waals surface area contributed by atoms with Crippen molar-refractivity contribution in [2.45, 2.75) is 18.3 Å². The van der Waals surface area contributed by atoms with E-state index in [0.717, 1.165) is 16.9 Å². The van der Waals surface area contributed by atoms with Gasteiger partial charge in [0.2, 0.25) is 6.41 Å². The van der Waals surface area contributed by atoms with Crippen molar-refractivity contribution in [2.24, 2.45) is 5.16 Å². The third kappa shape index (κ3) is 5.13. The van der Waals surface area contributed by atoms with Gasteiger partial charge in [0.15, 0.2) is 10.8 Å². The predicted octanol–water partition coefficient (Wildman–Crippen LogP) is 1.30. The highest BCUT2D eigenvalue weighted by atomic mass is 32.2. The summed E-state index contributed by atoms with van der Waals surface area (Å²) in [7, 11) is 0. The second kappa shape index (κ2) is 11.1. The number of β-lactam (4-membered cyclic amide) rings is 1. The summed E-state index contributed by atoms with van der Waals surface area (Å²) >= 11 is 2.42. The number of rotatable bonds is 10. The van der Waals surface area contributed by atoms with Gasteiger partial charge in [-0.25, -0.2) is 9.78 Å². The third-order valence-electron chi connectivity index (χ3n) is 5.08. The minimum absolute atomic E-state index is 0.123. The number of amides is 3. The van der Waals surface area contributed by atoms with Crippen molar-refractivity contribution < 1.29 is 29.1 Å². The Morgan fingerprint density at radius 3 is 2.92 bits per heavy atom. The Balaban J connectivity index is 1.52. The molecule has 2 aromatic rings. The molecule has 0 saturated carbocycles. The molecular formula is C22H20N6O6S2. The summed E-state index contributed by atoms with van der Waals surface area (Å²) < 4.78 is 0. The monoisotopic (exact) mass is 528 g/mol. The van der Waals surface area contributed by atoms with Gasteiger partial charge in [-0.15, -0.1) is 23.1 Å². The van der Waals surface area contributed by atoms with Crippen LogP contribution in [0.2, 0.25) is 0 Å². The highest BCUT2D eigenvalue weighted by Crippen LogP contribution is 2.40. The number of thiazole rings is 1. The van der Waals surface area contributed by atoms with Crippen molar-refractivity contribution in [1.82, 2.24) is 20.2 Å². The molecule has 1 unspecified atom stereocenters. The van der Waals surface area contributed by atoms with Gasteiger partial charge < -0.3 is 20.6 Å². The van der Waals surface area contributed by atoms with Crippen molar-refractivity contribution in [3.8, 4) is 0 Å². The second-order valence-corrected chi connectivity index (χ2v) is 9.28. The molecule has 0 spiro atoms. The van der Waals surface area contributed by atoms with E-state index in [2.05, 4.69) is 25.8 Å². The number of thioether (sulfide) groups is 1. The average molecular weight is 529 g/mol. The minimum Gasteiger partial charge on any atom is -0.477 e. The maximum atomic E-state index is 13.0. The lowest BCUT2D eigenvalue weighted by molar-refractivity contribution is -0.150. The molecule has 14 heteroatoms. The summed E-state index contributed by atoms with van der Waals surface area (Å²) in [6.07, 6.45) is 7.11. The zero-order chi connectivity index (χ0) is 25.7. The predicted molar refractivity (Wildman–Crippen MR) is 133 cm³/mol. The zero-order valence-electron chi connectivity index (χ0n) is 18.8. The molecule has 0 aromatic carbocycles. The van der Waals surface area contributed by atoms with E-state index >= 15 is 0 Å². The number of aromatic nitrogens is 2. The largest absolute Gasteiger partial charge is 0.477 e. The molecule has 4 heterocycles. The van der Waals surface area contributed by atoms with E-state index in [-0.39, 0.29) is 28.8 Å². The molecular weight excluding hydrogens is 508 g/mol. The maximum absolute atomic E-state index is 13.0. The van der Waals surface area contributed by atoms with Gasteiger partial charge >= 0.3 is 5.97 Å². The lowest BCUT2D eigenvalue weighted by atomic mass is 10.0. The molecule has 2 aromatic heterocycles. The summed E-state index contributed by atoms with van der Waals surface area (Å²) in [6, 6.07) is 2.63. The summed E-state index contributed by atoms with van der Waals surface area (Å²) in [6.45, 7) is 1.88. The average Bonchev–Trinajstić information content (AvgIpc) is 3.34. The van der Waals surface area contributed by atoms with Gasteiger partial charge in [-0.2, -0.15) is 0 Å². The summed E-state index contributed by atoms with van der Waals surface area (Å²) in [4.78, 5) is 63.0. The fourth-order valence-corrected chi connectivity index (χ4v) is 5.46. The number of allylic oxidation sites excluding steroid dienone is 1. The van der Waals surface area contributed by atoms with Crippen molar-refractivity contribution in [3.63, 3.8) is 0 Å². The van der Waals surface area contributed by atoms with Crippen LogP contribution in [0.4, 0.5) is 5.13 Å². The normalized spacial score (nSPS) is 19.5. The smallest absolute Gasteiger partial charge is 0.352 e. The number of hydrogen-bond donors (Lipinski definition) is 3. The molecule has 1 saturated heterocycles. The van der Waals surface area contributed by atoms with Gasteiger partial charge in [-0.3, -0.25) is 24.3 Å². The molecule has 12 nitrogen and oxygen atoms in total. The summed E-state index contributed by atoms with van der Waals surface area (Å²) in [5, 5.41) is 19.8. The maximum Gasteiger partial charge on any atom is 0.352 e. The quantitative estimate of drug-likeness (QED) is 0.178. The first-order valence-corrected chi connectivity index (χ1v) is 12.5. The fourth-order valence-electron chi connectivity index (χ4n) is 3.48. The molecule has 36 heavy (non-hydrogen) atoms. The van der Waals surface area contributed by atoms with E-state index in [1.165, 1.54) is 22.0 Å². The number of carboxylic acids is 1. The number of nitrogens with zero attached hydrogens (tertiary/aromatic N) is 4. The molecule has 2 aliphatic rings. The van der Waals surface area contributed by atoms with E-state index in [1.807, 2.05) is 6.07 Å². The standard InChI is InChI=1S/C22H20N6O6S2/c1-2-34-27-15(14-10-36-22(25-14)24-11-29)18(30)26-16-19(31)28-17(21(32)33)13(9-35-20(16)28)6-5-12-4-3-7-23-8-12/h3-8,10-11,16,20H,2,9H2,1H3,(H,26,30)(H,32,33)(H,24,25,29)/t16?,20-/m0/s1. The van der Waals surface area contributed by atoms with E-state index in [0.29, 0.717) is 17.7 Å². The Kier molecular flexibility index (Phi) is 7.75. The number of carboxylic acid groups (broad SMARTS) is 1. The highest BCUT2D eigenvalue weighted by Gasteiger charge is 2.54. The zero-order valence-corrected chi connectivity index (χ0v) is 20.4. The van der Waals surface area contributed by atoms with Crippen molar-refractivity contribution >= 4 is 64.2 Å². The Labute approximate surface area is 213 Å². The van der Waals surface area contributed by atoms with Crippen LogP contribution in [0.15, 0.2) is 52.4 Å². The first-order chi connectivity index (χ1) is 17.4. The first-order valence-electron chi connectivity index (χ1n) is 10.6. The molecule has 1 fully saturated rings. The number of nitrogens with one attached hydrogen (secondary N) is 2. The fraction of sp³-hybridized carbons (Fsp3) is 0.227. The van der Waals surface area contributed by atoms with Crippen LogP contribution in [-0.2, 0) is 24.0 Å². The van der Waals surface area contributed by atoms with Gasteiger partial charge in [-0.1, -0.05) is 23.4 Å². The Morgan fingerprint density at radius 2 is 2.22 bits per heavy atom. The highest BCUT2D eigenvalue weighted by molar-refractivity contribution is 8.00. The van der Waals surface area contributed by atoms with Crippen LogP contribution in [-0.4, -0.2) is 73.7 Å². The lowest BCUT2D eigenvalue weighted by Crippen LogP contribution is -2.71. The molecule has 0 radical (unpaired) electrons. The number of pyridine rings is 1. The molecule has 0 aliphatic carbocycles. The molecule has 2 atom stereocenters. The number of fused-ring (bicyclic) bond motifs is 1. The van der Waals surface area contributed by atoms with Gasteiger partial charge in [0, 0.05) is 23.5 Å². The Morgan fingerprint density at radius 1 is 1.39 bits per heavy atom. The second-order valence-electron chi connectivity index (χ2n) is 7.32. The van der Waals surface area contributed by atoms with Gasteiger partial charge in [0.25, 0.3) is 11.8 Å². The lowest BCUT2D eigenvalue weighted by Gasteiger charge is -2.49. The van der Waals surface area contributed by atoms with Crippen molar-refractivity contribution in [3.05, 3.63) is 58.5 Å². The van der Waals surface area contributed by atoms with E-state index < -0.39 is 29.2 Å². The van der Waals surface area contributed by atoms with Crippen LogP contribution >= 0.6 is 23.1 Å². The van der Waals surface area contributed by atoms with Crippen LogP contribution in [0.1, 0.15) is 18.2 Å². The van der Waals surface area contributed by atoms with Crippen LogP contribution in [0.3, 0.4) is 0 Å². The van der Waals surface area contributed by atoms with Gasteiger partial charge in [0.05, 0.1) is 0 Å². The molecule has 3 N–H and O–H groups in total. The summed E-state index contributed by atoms with van der Waals surface area (Å²) in [5.41, 5.74) is 1.12. The number of oxime groups is 1. The molecule has 4 rings (SSSR count). The minimum atomic E-state index is -1.24. The number of carbonyl (C=O) groups is 4. The molecule has 2 aliphatic heterocycles. The number of aliphatic carboxylic acids is 1. The van der Waals surface area contributed by atoms with Crippen molar-refractivity contribution in [1.29, 1.82) is 0 Å². The van der Waals surface area contributed by atoms with Crippen LogP contribution in [0.25, 0.3) is 6.08 Å². The number of hydrogen-bond acceptors (Lipinski definition) is 10. The molecule has 0 bridgehead atoms. The molecule has 186 valence electrons. The number of anilines is 1. The van der Waals surface area contributed by atoms with E-state index in [1.54, 1.807) is 37.5 Å². The number of carbonyl (C=O) groups excluding carboxylic acids is 3. The third-order valence-corrected chi connectivity index (χ3v) is 7.15. The topological polar surface area (TPSA) is 163 Å². The summed E-state index contributed by atoms with van der Waals surface area (Å²) in [5.74, 6) is -2.18.